The second-order valence-electron chi connectivity index (χ2n) is 25.1. The highest BCUT2D eigenvalue weighted by molar-refractivity contribution is 4.80. The van der Waals surface area contributed by atoms with Crippen molar-refractivity contribution in [2.24, 2.45) is 5.41 Å². The largest absolute Gasteiger partial charge is 0.324 e. The predicted molar refractivity (Wildman–Crippen MR) is 329 cm³/mol. The quantitative estimate of drug-likeness (QED) is 0.0421. The lowest BCUT2D eigenvalue weighted by molar-refractivity contribution is -0.929. The lowest BCUT2D eigenvalue weighted by atomic mass is 9.70. The van der Waals surface area contributed by atoms with Crippen LogP contribution in [0.15, 0.2) is 0 Å². The van der Waals surface area contributed by atoms with Crippen LogP contribution >= 0.6 is 0 Å². The van der Waals surface area contributed by atoms with Gasteiger partial charge in [0, 0.05) is 0 Å². The van der Waals surface area contributed by atoms with E-state index >= 15 is 0 Å². The van der Waals surface area contributed by atoms with E-state index in [-0.39, 0.29) is 0 Å². The van der Waals surface area contributed by atoms with E-state index in [4.69, 9.17) is 0 Å². The Morgan fingerprint density at radius 1 is 0.155 bits per heavy atom. The summed E-state index contributed by atoms with van der Waals surface area (Å²) in [5.41, 5.74) is 0.646. The normalized spacial score (nSPS) is 12.3. The van der Waals surface area contributed by atoms with Crippen LogP contribution in [0.3, 0.4) is 0 Å². The zero-order valence-corrected chi connectivity index (χ0v) is 51.5. The van der Waals surface area contributed by atoms with Gasteiger partial charge in [-0.3, -0.25) is 0 Å². The Morgan fingerprint density at radius 3 is 0.437 bits per heavy atom. The third-order valence-electron chi connectivity index (χ3n) is 18.0. The van der Waals surface area contributed by atoms with Gasteiger partial charge >= 0.3 is 0 Å². The maximum Gasteiger partial charge on any atom is 0.0786 e. The molecule has 1 heteroatoms. The third-order valence-corrected chi connectivity index (χ3v) is 18.0. The Kier molecular flexibility index (Phi) is 59.2. The van der Waals surface area contributed by atoms with Gasteiger partial charge in [0.15, 0.2) is 0 Å². The summed E-state index contributed by atoms with van der Waals surface area (Å²) < 4.78 is 1.49. The first-order chi connectivity index (χ1) is 35.1. The van der Waals surface area contributed by atoms with E-state index in [2.05, 4.69) is 41.5 Å². The van der Waals surface area contributed by atoms with Crippen LogP contribution in [0.2, 0.25) is 0 Å². The first-order valence-electron chi connectivity index (χ1n) is 34.9. The Bertz CT molecular complexity index is 763. The fourth-order valence-corrected chi connectivity index (χ4v) is 12.9. The standard InChI is InChI=1S/C70H144N/c1-7-13-19-25-31-38-46-54-62-70(63-55-47-39-32-26-20-14-8-2,64-56-48-40-33-27-21-15-9-3)65-57-49-41-37-45-53-61-69-71(66-58-50-42-34-28-22-16-10-4,67-59-51-43-35-29-23-17-11-5)68-60-52-44-36-30-24-18-12-6/h7-69H2,1-6H3/q+1. The number of unbranched alkanes of at least 4 members (excludes halogenated alkanes) is 48. The molecule has 1 nitrogen and oxygen atoms in total. The van der Waals surface area contributed by atoms with E-state index in [1.54, 1.807) is 25.7 Å². The van der Waals surface area contributed by atoms with Crippen LogP contribution < -0.4 is 0 Å². The first-order valence-corrected chi connectivity index (χ1v) is 34.9. The molecule has 0 fully saturated rings. The van der Waals surface area contributed by atoms with Crippen molar-refractivity contribution in [3.05, 3.63) is 0 Å². The number of quaternary nitrogens is 1. The number of hydrogen-bond donors (Lipinski definition) is 0. The number of rotatable bonds is 64. The highest BCUT2D eigenvalue weighted by Crippen LogP contribution is 2.42. The molecule has 0 radical (unpaired) electrons. The summed E-state index contributed by atoms with van der Waals surface area (Å²) in [4.78, 5) is 0. The van der Waals surface area contributed by atoms with Gasteiger partial charge in [-0.15, -0.1) is 0 Å². The SMILES string of the molecule is CCCCCCCCCCC(CCCCCCCCCC)(CCCCCCCCCC)CCCCCCCCC[N+](CCCCCCCCCC)(CCCCCCCCCC)CCCCCCCCCC. The zero-order valence-electron chi connectivity index (χ0n) is 51.5. The van der Waals surface area contributed by atoms with Crippen molar-refractivity contribution in [2.75, 3.05) is 26.2 Å². The monoisotopic (exact) mass is 999 g/mol. The van der Waals surface area contributed by atoms with E-state index in [1.165, 1.54) is 384 Å². The molecule has 0 spiro atoms. The molecular weight excluding hydrogens is 855 g/mol. The average molecular weight is 1000 g/mol. The number of hydrogen-bond acceptors (Lipinski definition) is 0. The molecule has 0 amide bonds. The van der Waals surface area contributed by atoms with Crippen LogP contribution in [-0.2, 0) is 0 Å². The molecule has 0 saturated carbocycles. The highest BCUT2D eigenvalue weighted by Gasteiger charge is 2.29. The van der Waals surface area contributed by atoms with Gasteiger partial charge in [-0.25, -0.2) is 0 Å². The fourth-order valence-electron chi connectivity index (χ4n) is 12.9. The van der Waals surface area contributed by atoms with Crippen LogP contribution in [0.5, 0.6) is 0 Å². The first kappa shape index (κ1) is 71.0. The van der Waals surface area contributed by atoms with Gasteiger partial charge in [0.1, 0.15) is 0 Å². The minimum absolute atomic E-state index is 0.646. The van der Waals surface area contributed by atoms with Crippen LogP contribution in [-0.4, -0.2) is 30.7 Å². The molecular formula is C70H144N+. The molecule has 0 aliphatic heterocycles. The van der Waals surface area contributed by atoms with Crippen molar-refractivity contribution in [2.45, 2.75) is 420 Å². The molecule has 0 aromatic rings. The van der Waals surface area contributed by atoms with Crippen molar-refractivity contribution in [1.29, 1.82) is 0 Å². The Morgan fingerprint density at radius 2 is 0.282 bits per heavy atom. The highest BCUT2D eigenvalue weighted by atomic mass is 15.3. The summed E-state index contributed by atoms with van der Waals surface area (Å²) in [5.74, 6) is 0. The average Bonchev–Trinajstić information content (AvgIpc) is 3.38. The van der Waals surface area contributed by atoms with Gasteiger partial charge in [0.25, 0.3) is 0 Å². The molecule has 0 aliphatic carbocycles. The lowest BCUT2D eigenvalue weighted by Gasteiger charge is -2.40. The Balaban J connectivity index is 5.53. The van der Waals surface area contributed by atoms with Crippen molar-refractivity contribution >= 4 is 0 Å². The van der Waals surface area contributed by atoms with Crippen LogP contribution in [0.4, 0.5) is 0 Å². The predicted octanol–water partition coefficient (Wildman–Crippen LogP) is 25.9. The van der Waals surface area contributed by atoms with Gasteiger partial charge in [0.05, 0.1) is 26.2 Å². The molecule has 0 atom stereocenters. The number of nitrogens with zero attached hydrogens (tertiary/aromatic N) is 1. The van der Waals surface area contributed by atoms with Crippen molar-refractivity contribution in [1.82, 2.24) is 0 Å². The molecule has 71 heavy (non-hydrogen) atoms. The Hall–Kier alpha value is -0.0400. The molecule has 0 saturated heterocycles. The molecule has 428 valence electrons. The van der Waals surface area contributed by atoms with E-state index in [9.17, 15) is 0 Å². The van der Waals surface area contributed by atoms with Crippen LogP contribution in [0.1, 0.15) is 420 Å². The second kappa shape index (κ2) is 59.2. The minimum atomic E-state index is 0.646. The molecule has 0 unspecified atom stereocenters. The second-order valence-corrected chi connectivity index (χ2v) is 25.1. The maximum absolute atomic E-state index is 2.36. The van der Waals surface area contributed by atoms with E-state index in [0.717, 1.165) is 0 Å². The summed E-state index contributed by atoms with van der Waals surface area (Å²) in [6.07, 6.45) is 87.0. The summed E-state index contributed by atoms with van der Waals surface area (Å²) >= 11 is 0. The maximum atomic E-state index is 2.36. The van der Waals surface area contributed by atoms with E-state index < -0.39 is 0 Å². The van der Waals surface area contributed by atoms with Crippen LogP contribution in [0.25, 0.3) is 0 Å². The van der Waals surface area contributed by atoms with Gasteiger partial charge in [-0.05, 0) is 82.5 Å². The molecule has 0 aromatic carbocycles. The minimum Gasteiger partial charge on any atom is -0.324 e. The smallest absolute Gasteiger partial charge is 0.0786 e. The van der Waals surface area contributed by atoms with Gasteiger partial charge in [-0.2, -0.15) is 0 Å². The van der Waals surface area contributed by atoms with Crippen molar-refractivity contribution < 1.29 is 4.48 Å². The molecule has 0 N–H and O–H groups in total. The lowest BCUT2D eigenvalue weighted by Crippen LogP contribution is -2.50. The molecule has 0 aliphatic rings. The molecule has 0 aromatic heterocycles. The van der Waals surface area contributed by atoms with Crippen molar-refractivity contribution in [3.63, 3.8) is 0 Å². The third kappa shape index (κ3) is 50.5. The summed E-state index contributed by atoms with van der Waals surface area (Å²) in [5, 5.41) is 0. The molecule has 0 heterocycles. The topological polar surface area (TPSA) is 0 Å². The summed E-state index contributed by atoms with van der Waals surface area (Å²) in [6, 6.07) is 0. The van der Waals surface area contributed by atoms with Gasteiger partial charge < -0.3 is 4.48 Å². The van der Waals surface area contributed by atoms with E-state index in [1.807, 2.05) is 0 Å². The summed E-state index contributed by atoms with van der Waals surface area (Å²) in [7, 11) is 0. The summed E-state index contributed by atoms with van der Waals surface area (Å²) in [6.45, 7) is 20.1. The fraction of sp³-hybridized carbons (Fsp3) is 1.00. The van der Waals surface area contributed by atoms with Gasteiger partial charge in [0.2, 0.25) is 0 Å². The van der Waals surface area contributed by atoms with Gasteiger partial charge in [-0.1, -0.05) is 343 Å². The van der Waals surface area contributed by atoms with Crippen LogP contribution in [0, 0.1) is 5.41 Å². The zero-order chi connectivity index (χ0) is 51.5. The van der Waals surface area contributed by atoms with Crippen molar-refractivity contribution in [3.8, 4) is 0 Å². The van der Waals surface area contributed by atoms with E-state index in [0.29, 0.717) is 5.41 Å². The molecule has 0 rings (SSSR count). The molecule has 0 bridgehead atoms. The Labute approximate surface area is 454 Å².